The van der Waals surface area contributed by atoms with Gasteiger partial charge in [-0.25, -0.2) is 0 Å². The van der Waals surface area contributed by atoms with Gasteiger partial charge in [0.25, 0.3) is 0 Å². The molecule has 1 nitrogen and oxygen atoms in total. The molecular formula is C16H24BrN. The lowest BCUT2D eigenvalue weighted by Crippen LogP contribution is -2.34. The largest absolute Gasteiger partial charge is 0.327 e. The van der Waals surface area contributed by atoms with Gasteiger partial charge in [0.2, 0.25) is 0 Å². The van der Waals surface area contributed by atoms with Gasteiger partial charge in [-0.05, 0) is 48.8 Å². The van der Waals surface area contributed by atoms with Gasteiger partial charge < -0.3 is 5.73 Å². The molecule has 0 aromatic heterocycles. The Kier molecular flexibility index (Phi) is 5.25. The van der Waals surface area contributed by atoms with Gasteiger partial charge in [0.1, 0.15) is 0 Å². The number of halogens is 1. The Hall–Kier alpha value is -0.340. The molecule has 0 bridgehead atoms. The minimum Gasteiger partial charge on any atom is -0.327 e. The highest BCUT2D eigenvalue weighted by Crippen LogP contribution is 2.32. The quantitative estimate of drug-likeness (QED) is 0.868. The van der Waals surface area contributed by atoms with Gasteiger partial charge in [-0.1, -0.05) is 54.2 Å². The third-order valence-electron chi connectivity index (χ3n) is 4.43. The molecule has 100 valence electrons. The summed E-state index contributed by atoms with van der Waals surface area (Å²) in [4.78, 5) is 0. The SMILES string of the molecule is CCC1CCC(C(N)Cc2cccc(Br)c2)CC1. The third-order valence-corrected chi connectivity index (χ3v) is 4.93. The van der Waals surface area contributed by atoms with Crippen molar-refractivity contribution in [3.8, 4) is 0 Å². The standard InChI is InChI=1S/C16H24BrN/c1-2-12-6-8-14(9-7-12)16(18)11-13-4-3-5-15(17)10-13/h3-5,10,12,14,16H,2,6-9,11,18H2,1H3. The van der Waals surface area contributed by atoms with Gasteiger partial charge in [0.15, 0.2) is 0 Å². The van der Waals surface area contributed by atoms with Gasteiger partial charge in [-0.2, -0.15) is 0 Å². The summed E-state index contributed by atoms with van der Waals surface area (Å²) in [5.74, 6) is 1.69. The maximum atomic E-state index is 6.40. The van der Waals surface area contributed by atoms with Crippen LogP contribution >= 0.6 is 15.9 Å². The summed E-state index contributed by atoms with van der Waals surface area (Å²) in [5.41, 5.74) is 7.76. The summed E-state index contributed by atoms with van der Waals surface area (Å²) in [7, 11) is 0. The van der Waals surface area contributed by atoms with E-state index in [-0.39, 0.29) is 0 Å². The van der Waals surface area contributed by atoms with E-state index < -0.39 is 0 Å². The van der Waals surface area contributed by atoms with E-state index in [4.69, 9.17) is 5.73 Å². The van der Waals surface area contributed by atoms with Crippen molar-refractivity contribution in [3.63, 3.8) is 0 Å². The van der Waals surface area contributed by atoms with E-state index in [1.807, 2.05) is 0 Å². The maximum absolute atomic E-state index is 6.40. The van der Waals surface area contributed by atoms with E-state index in [0.29, 0.717) is 6.04 Å². The fourth-order valence-corrected chi connectivity index (χ4v) is 3.57. The monoisotopic (exact) mass is 309 g/mol. The molecule has 2 heteroatoms. The number of hydrogen-bond acceptors (Lipinski definition) is 1. The van der Waals surface area contributed by atoms with Crippen molar-refractivity contribution in [2.75, 3.05) is 0 Å². The highest BCUT2D eigenvalue weighted by Gasteiger charge is 2.24. The van der Waals surface area contributed by atoms with Crippen LogP contribution in [0.25, 0.3) is 0 Å². The molecule has 1 unspecified atom stereocenters. The van der Waals surface area contributed by atoms with Gasteiger partial charge in [0, 0.05) is 10.5 Å². The Morgan fingerprint density at radius 3 is 2.61 bits per heavy atom. The minimum absolute atomic E-state index is 0.331. The van der Waals surface area contributed by atoms with Crippen LogP contribution in [0.15, 0.2) is 28.7 Å². The Morgan fingerprint density at radius 1 is 1.28 bits per heavy atom. The summed E-state index contributed by atoms with van der Waals surface area (Å²) in [5, 5.41) is 0. The fourth-order valence-electron chi connectivity index (χ4n) is 3.13. The first kappa shape index (κ1) is 14.1. The highest BCUT2D eigenvalue weighted by atomic mass is 79.9. The van der Waals surface area contributed by atoms with Crippen molar-refractivity contribution in [2.24, 2.45) is 17.6 Å². The lowest BCUT2D eigenvalue weighted by atomic mass is 9.76. The third kappa shape index (κ3) is 3.83. The minimum atomic E-state index is 0.331. The van der Waals surface area contributed by atoms with Crippen LogP contribution in [0.2, 0.25) is 0 Å². The average molecular weight is 310 g/mol. The highest BCUT2D eigenvalue weighted by molar-refractivity contribution is 9.10. The van der Waals surface area contributed by atoms with Crippen LogP contribution in [0.3, 0.4) is 0 Å². The molecule has 1 aromatic rings. The second-order valence-corrected chi connectivity index (χ2v) is 6.60. The topological polar surface area (TPSA) is 26.0 Å². The Morgan fingerprint density at radius 2 is 2.00 bits per heavy atom. The molecule has 0 saturated heterocycles. The van der Waals surface area contributed by atoms with E-state index >= 15 is 0 Å². The van der Waals surface area contributed by atoms with Crippen LogP contribution in [0.4, 0.5) is 0 Å². The first-order valence-corrected chi connectivity index (χ1v) is 7.98. The molecule has 0 aliphatic heterocycles. The summed E-state index contributed by atoms with van der Waals surface area (Å²) >= 11 is 3.52. The lowest BCUT2D eigenvalue weighted by Gasteiger charge is -2.31. The first-order valence-electron chi connectivity index (χ1n) is 7.19. The van der Waals surface area contributed by atoms with Crippen molar-refractivity contribution in [1.29, 1.82) is 0 Å². The molecule has 0 amide bonds. The smallest absolute Gasteiger partial charge is 0.0178 e. The molecular weight excluding hydrogens is 286 g/mol. The first-order chi connectivity index (χ1) is 8.69. The molecule has 1 fully saturated rings. The number of nitrogens with two attached hydrogens (primary N) is 1. The molecule has 0 spiro atoms. The summed E-state index contributed by atoms with van der Waals surface area (Å²) < 4.78 is 1.15. The van der Waals surface area contributed by atoms with Crippen molar-refractivity contribution < 1.29 is 0 Å². The zero-order chi connectivity index (χ0) is 13.0. The Labute approximate surface area is 119 Å². The molecule has 0 heterocycles. The van der Waals surface area contributed by atoms with Crippen molar-refractivity contribution in [2.45, 2.75) is 51.5 Å². The molecule has 1 saturated carbocycles. The fraction of sp³-hybridized carbons (Fsp3) is 0.625. The molecule has 0 radical (unpaired) electrons. The van der Waals surface area contributed by atoms with Gasteiger partial charge in [-0.15, -0.1) is 0 Å². The second kappa shape index (κ2) is 6.72. The van der Waals surface area contributed by atoms with Crippen LogP contribution < -0.4 is 5.73 Å². The van der Waals surface area contributed by atoms with Crippen LogP contribution in [-0.4, -0.2) is 6.04 Å². The summed E-state index contributed by atoms with van der Waals surface area (Å²) in [6, 6.07) is 8.87. The van der Waals surface area contributed by atoms with Crippen molar-refractivity contribution >= 4 is 15.9 Å². The predicted octanol–water partition coefficient (Wildman–Crippen LogP) is 4.54. The van der Waals surface area contributed by atoms with Crippen LogP contribution in [-0.2, 0) is 6.42 Å². The van der Waals surface area contributed by atoms with Crippen LogP contribution in [0.5, 0.6) is 0 Å². The van der Waals surface area contributed by atoms with E-state index in [1.165, 1.54) is 37.7 Å². The zero-order valence-electron chi connectivity index (χ0n) is 11.2. The molecule has 2 rings (SSSR count). The maximum Gasteiger partial charge on any atom is 0.0178 e. The molecule has 1 aromatic carbocycles. The molecule has 1 aliphatic rings. The Balaban J connectivity index is 1.87. The molecule has 1 aliphatic carbocycles. The van der Waals surface area contributed by atoms with Crippen LogP contribution in [0.1, 0.15) is 44.6 Å². The zero-order valence-corrected chi connectivity index (χ0v) is 12.8. The normalized spacial score (nSPS) is 25.9. The Bertz CT molecular complexity index is 369. The van der Waals surface area contributed by atoms with E-state index in [0.717, 1.165) is 22.7 Å². The van der Waals surface area contributed by atoms with Crippen molar-refractivity contribution in [3.05, 3.63) is 34.3 Å². The van der Waals surface area contributed by atoms with Gasteiger partial charge in [0.05, 0.1) is 0 Å². The number of rotatable bonds is 4. The molecule has 18 heavy (non-hydrogen) atoms. The second-order valence-electron chi connectivity index (χ2n) is 5.69. The number of benzene rings is 1. The van der Waals surface area contributed by atoms with E-state index in [1.54, 1.807) is 0 Å². The summed E-state index contributed by atoms with van der Waals surface area (Å²) in [6.07, 6.45) is 7.77. The predicted molar refractivity (Wildman–Crippen MR) is 81.6 cm³/mol. The summed E-state index contributed by atoms with van der Waals surface area (Å²) in [6.45, 7) is 2.31. The average Bonchev–Trinajstić information content (AvgIpc) is 2.39. The van der Waals surface area contributed by atoms with Gasteiger partial charge in [-0.3, -0.25) is 0 Å². The van der Waals surface area contributed by atoms with Crippen LogP contribution in [0, 0.1) is 11.8 Å². The molecule has 1 atom stereocenters. The van der Waals surface area contributed by atoms with Gasteiger partial charge >= 0.3 is 0 Å². The number of hydrogen-bond donors (Lipinski definition) is 1. The lowest BCUT2D eigenvalue weighted by molar-refractivity contribution is 0.238. The van der Waals surface area contributed by atoms with E-state index in [2.05, 4.69) is 47.1 Å². The molecule has 2 N–H and O–H groups in total. The van der Waals surface area contributed by atoms with E-state index in [9.17, 15) is 0 Å². The van der Waals surface area contributed by atoms with Crippen molar-refractivity contribution in [1.82, 2.24) is 0 Å².